The normalized spacial score (nSPS) is 16.4. The molecule has 0 N–H and O–H groups in total. The number of nitro groups is 1. The molecule has 0 aliphatic carbocycles. The number of ether oxygens (including phenoxy) is 1. The quantitative estimate of drug-likeness (QED) is 0.214. The summed E-state index contributed by atoms with van der Waals surface area (Å²) in [4.78, 5) is 41.5. The highest BCUT2D eigenvalue weighted by Crippen LogP contribution is 2.35. The van der Waals surface area contributed by atoms with Gasteiger partial charge >= 0.3 is 0 Å². The van der Waals surface area contributed by atoms with Gasteiger partial charge in [0.1, 0.15) is 11.4 Å². The Morgan fingerprint density at radius 1 is 0.944 bits per heavy atom. The summed E-state index contributed by atoms with van der Waals surface area (Å²) in [5, 5.41) is 11.9. The average Bonchev–Trinajstić information content (AvgIpc) is 3.44. The summed E-state index contributed by atoms with van der Waals surface area (Å²) < 4.78 is 5.19. The monoisotopic (exact) mass is 483 g/mol. The van der Waals surface area contributed by atoms with Crippen molar-refractivity contribution in [3.63, 3.8) is 0 Å². The Morgan fingerprint density at radius 2 is 1.64 bits per heavy atom. The first-order valence-corrected chi connectivity index (χ1v) is 11.8. The van der Waals surface area contributed by atoms with Crippen LogP contribution in [0.5, 0.6) is 5.75 Å². The highest BCUT2D eigenvalue weighted by Gasteiger charge is 2.35. The van der Waals surface area contributed by atoms with Gasteiger partial charge in [0.15, 0.2) is 0 Å². The first-order chi connectivity index (χ1) is 17.5. The molecule has 3 aromatic rings. The molecule has 3 aromatic carbocycles. The van der Waals surface area contributed by atoms with E-state index >= 15 is 0 Å². The van der Waals surface area contributed by atoms with E-state index in [9.17, 15) is 19.7 Å². The summed E-state index contributed by atoms with van der Waals surface area (Å²) in [7, 11) is 1.57. The number of hydrogen-bond acceptors (Lipinski definition) is 6. The lowest BCUT2D eigenvalue weighted by Crippen LogP contribution is -2.41. The standard InChI is InChI=1S/C28H25N3O5/c1-36-21-11-8-19(9-12-21)18-30-27(32)23-7-3-2-6-22(23)24(28(30)33)16-20-10-13-25(26(17-20)31(34)35)29-14-4-5-15-29/h2-3,6-13,16-17H,4-5,14-15,18H2,1H3. The molecule has 0 radical (unpaired) electrons. The van der Waals surface area contributed by atoms with Gasteiger partial charge in [0, 0.05) is 30.3 Å². The Morgan fingerprint density at radius 3 is 2.31 bits per heavy atom. The van der Waals surface area contributed by atoms with E-state index in [0.717, 1.165) is 31.5 Å². The van der Waals surface area contributed by atoms with Crippen molar-refractivity contribution in [2.75, 3.05) is 25.1 Å². The average molecular weight is 484 g/mol. The number of carbonyl (C=O) groups excluding carboxylic acids is 2. The van der Waals surface area contributed by atoms with Crippen molar-refractivity contribution in [1.29, 1.82) is 0 Å². The topological polar surface area (TPSA) is 93.0 Å². The molecule has 0 saturated carbocycles. The number of rotatable bonds is 6. The van der Waals surface area contributed by atoms with Crippen LogP contribution in [0.3, 0.4) is 0 Å². The molecule has 36 heavy (non-hydrogen) atoms. The van der Waals surface area contributed by atoms with Gasteiger partial charge in [-0.3, -0.25) is 24.6 Å². The van der Waals surface area contributed by atoms with Crippen LogP contribution < -0.4 is 9.64 Å². The van der Waals surface area contributed by atoms with E-state index < -0.39 is 5.91 Å². The van der Waals surface area contributed by atoms with E-state index in [2.05, 4.69) is 0 Å². The molecule has 0 spiro atoms. The zero-order valence-electron chi connectivity index (χ0n) is 19.8. The second-order valence-electron chi connectivity index (χ2n) is 8.85. The van der Waals surface area contributed by atoms with Crippen LogP contribution in [0.25, 0.3) is 11.6 Å². The largest absolute Gasteiger partial charge is 0.497 e. The third-order valence-electron chi connectivity index (χ3n) is 6.62. The number of nitro benzene ring substituents is 1. The highest BCUT2D eigenvalue weighted by atomic mass is 16.6. The summed E-state index contributed by atoms with van der Waals surface area (Å²) in [6.07, 6.45) is 3.65. The maximum absolute atomic E-state index is 13.6. The van der Waals surface area contributed by atoms with E-state index in [1.54, 1.807) is 61.7 Å². The van der Waals surface area contributed by atoms with Crippen LogP contribution in [0.1, 0.15) is 39.9 Å². The van der Waals surface area contributed by atoms with Gasteiger partial charge in [-0.05, 0) is 59.9 Å². The molecule has 5 rings (SSSR count). The van der Waals surface area contributed by atoms with Gasteiger partial charge in [-0.25, -0.2) is 0 Å². The molecule has 182 valence electrons. The number of fused-ring (bicyclic) bond motifs is 1. The van der Waals surface area contributed by atoms with Crippen LogP contribution in [0.4, 0.5) is 11.4 Å². The van der Waals surface area contributed by atoms with Crippen LogP contribution in [0.2, 0.25) is 0 Å². The van der Waals surface area contributed by atoms with Gasteiger partial charge in [-0.2, -0.15) is 0 Å². The van der Waals surface area contributed by atoms with Crippen molar-refractivity contribution in [2.45, 2.75) is 19.4 Å². The lowest BCUT2D eigenvalue weighted by Gasteiger charge is -2.29. The number of nitrogens with zero attached hydrogens (tertiary/aromatic N) is 3. The lowest BCUT2D eigenvalue weighted by atomic mass is 9.91. The fraction of sp³-hybridized carbons (Fsp3) is 0.214. The maximum Gasteiger partial charge on any atom is 0.293 e. The zero-order valence-corrected chi connectivity index (χ0v) is 19.8. The molecular weight excluding hydrogens is 458 g/mol. The van der Waals surface area contributed by atoms with Crippen LogP contribution in [-0.2, 0) is 11.3 Å². The molecule has 2 heterocycles. The van der Waals surface area contributed by atoms with Gasteiger partial charge in [0.2, 0.25) is 0 Å². The SMILES string of the molecule is COc1ccc(CN2C(=O)C(=Cc3ccc(N4CCCC4)c([N+](=O)[O-])c3)c3ccccc3C2=O)cc1. The van der Waals surface area contributed by atoms with Crippen LogP contribution in [0.15, 0.2) is 66.7 Å². The number of hydrogen-bond donors (Lipinski definition) is 0. The Bertz CT molecular complexity index is 1370. The predicted octanol–water partition coefficient (Wildman–Crippen LogP) is 4.93. The van der Waals surface area contributed by atoms with Crippen LogP contribution >= 0.6 is 0 Å². The molecule has 0 unspecified atom stereocenters. The van der Waals surface area contributed by atoms with Gasteiger partial charge in [0.25, 0.3) is 17.5 Å². The van der Waals surface area contributed by atoms with Crippen LogP contribution in [0, 0.1) is 10.1 Å². The first-order valence-electron chi connectivity index (χ1n) is 11.8. The van der Waals surface area contributed by atoms with Gasteiger partial charge in [0.05, 0.1) is 18.6 Å². The molecular formula is C28H25N3O5. The molecule has 1 fully saturated rings. The second-order valence-corrected chi connectivity index (χ2v) is 8.85. The summed E-state index contributed by atoms with van der Waals surface area (Å²) in [6, 6.07) is 19.2. The molecule has 0 atom stereocenters. The number of anilines is 1. The Balaban J connectivity index is 1.54. The summed E-state index contributed by atoms with van der Waals surface area (Å²) in [5.74, 6) is -0.139. The number of benzene rings is 3. The van der Waals surface area contributed by atoms with E-state index in [0.29, 0.717) is 33.7 Å². The zero-order chi connectivity index (χ0) is 25.2. The number of methoxy groups -OCH3 is 1. The van der Waals surface area contributed by atoms with Gasteiger partial charge in [-0.15, -0.1) is 0 Å². The van der Waals surface area contributed by atoms with Crippen molar-refractivity contribution in [3.05, 3.63) is 99.1 Å². The number of imide groups is 1. The van der Waals surface area contributed by atoms with Gasteiger partial charge < -0.3 is 9.64 Å². The Labute approximate surface area is 208 Å². The summed E-state index contributed by atoms with van der Waals surface area (Å²) in [6.45, 7) is 1.67. The molecule has 0 aromatic heterocycles. The summed E-state index contributed by atoms with van der Waals surface area (Å²) >= 11 is 0. The fourth-order valence-electron chi connectivity index (χ4n) is 4.77. The van der Waals surface area contributed by atoms with Crippen molar-refractivity contribution >= 4 is 34.8 Å². The molecule has 2 amide bonds. The minimum atomic E-state index is -0.444. The van der Waals surface area contributed by atoms with Crippen molar-refractivity contribution in [1.82, 2.24) is 4.90 Å². The Hall–Kier alpha value is -4.46. The smallest absolute Gasteiger partial charge is 0.293 e. The fourth-order valence-corrected chi connectivity index (χ4v) is 4.77. The highest BCUT2D eigenvalue weighted by molar-refractivity contribution is 6.33. The number of amides is 2. The minimum absolute atomic E-state index is 0.00830. The number of carbonyl (C=O) groups is 2. The third-order valence-corrected chi connectivity index (χ3v) is 6.62. The summed E-state index contributed by atoms with van der Waals surface area (Å²) in [5.41, 5.74) is 3.16. The molecule has 8 heteroatoms. The third kappa shape index (κ3) is 4.33. The second kappa shape index (κ2) is 9.65. The predicted molar refractivity (Wildman–Crippen MR) is 137 cm³/mol. The maximum atomic E-state index is 13.6. The van der Waals surface area contributed by atoms with E-state index in [-0.39, 0.29) is 23.1 Å². The van der Waals surface area contributed by atoms with E-state index in [1.807, 2.05) is 17.0 Å². The molecule has 2 aliphatic rings. The van der Waals surface area contributed by atoms with Crippen molar-refractivity contribution in [3.8, 4) is 5.75 Å². The minimum Gasteiger partial charge on any atom is -0.497 e. The molecule has 2 aliphatic heterocycles. The molecule has 8 nitrogen and oxygen atoms in total. The van der Waals surface area contributed by atoms with Crippen molar-refractivity contribution in [2.24, 2.45) is 0 Å². The van der Waals surface area contributed by atoms with Crippen molar-refractivity contribution < 1.29 is 19.2 Å². The van der Waals surface area contributed by atoms with Gasteiger partial charge in [-0.1, -0.05) is 36.4 Å². The van der Waals surface area contributed by atoms with E-state index in [4.69, 9.17) is 4.74 Å². The lowest BCUT2D eigenvalue weighted by molar-refractivity contribution is -0.384. The molecule has 1 saturated heterocycles. The molecule has 0 bridgehead atoms. The van der Waals surface area contributed by atoms with E-state index in [1.165, 1.54) is 11.0 Å². The van der Waals surface area contributed by atoms with Crippen LogP contribution in [-0.4, -0.2) is 41.8 Å². The Kier molecular flexibility index (Phi) is 6.25. The first kappa shape index (κ1) is 23.3.